The van der Waals surface area contributed by atoms with Crippen molar-refractivity contribution in [3.8, 4) is 0 Å². The summed E-state index contributed by atoms with van der Waals surface area (Å²) >= 11 is 0. The fourth-order valence-corrected chi connectivity index (χ4v) is 1.56. The maximum absolute atomic E-state index is 12.7. The van der Waals surface area contributed by atoms with Crippen LogP contribution in [0, 0.1) is 0 Å². The number of benzene rings is 1. The van der Waals surface area contributed by atoms with Gasteiger partial charge < -0.3 is 18.5 Å². The Kier molecular flexibility index (Phi) is 2.44. The van der Waals surface area contributed by atoms with E-state index >= 15 is 0 Å². The first-order valence-electron chi connectivity index (χ1n) is 4.62. The smallest absolute Gasteiger partial charge is 0.591 e. The minimum absolute atomic E-state index is 0.219. The number of carbonyl (C=O) groups is 1. The van der Waals surface area contributed by atoms with E-state index in [1.807, 2.05) is 11.3 Å². The Morgan fingerprint density at radius 3 is 2.53 bits per heavy atom. The lowest BCUT2D eigenvalue weighted by Gasteiger charge is -2.14. The van der Waals surface area contributed by atoms with Gasteiger partial charge in [0.2, 0.25) is 0 Å². The van der Waals surface area contributed by atoms with E-state index in [0.29, 0.717) is 0 Å². The van der Waals surface area contributed by atoms with Gasteiger partial charge in [0.05, 0.1) is 6.04 Å². The molecule has 15 heavy (non-hydrogen) atoms. The van der Waals surface area contributed by atoms with Crippen LogP contribution in [0.15, 0.2) is 30.3 Å². The molecular formula is C9H9BF2NO2-. The molecule has 1 heterocycles. The minimum Gasteiger partial charge on any atom is -0.623 e. The molecular weight excluding hydrogens is 203 g/mol. The summed E-state index contributed by atoms with van der Waals surface area (Å²) in [6.07, 6.45) is 0.219. The van der Waals surface area contributed by atoms with Crippen LogP contribution in [0.3, 0.4) is 0 Å². The number of hydrogen-bond donors (Lipinski definition) is 1. The van der Waals surface area contributed by atoms with Crippen molar-refractivity contribution in [3.63, 3.8) is 0 Å². The SMILES string of the molecule is O=C1O[B-](F)(F)N[C@H]1Cc1ccccc1. The second-order valence-corrected chi connectivity index (χ2v) is 3.44. The average molecular weight is 212 g/mol. The van der Waals surface area contributed by atoms with E-state index in [0.717, 1.165) is 5.56 Å². The van der Waals surface area contributed by atoms with Crippen molar-refractivity contribution in [1.82, 2.24) is 5.23 Å². The first kappa shape index (κ1) is 10.1. The van der Waals surface area contributed by atoms with Gasteiger partial charge >= 0.3 is 7.04 Å². The molecule has 1 N–H and O–H groups in total. The molecule has 0 spiro atoms. The highest BCUT2D eigenvalue weighted by atomic mass is 19.3. The summed E-state index contributed by atoms with van der Waals surface area (Å²) in [5, 5.41) is 1.89. The molecule has 1 aliphatic heterocycles. The van der Waals surface area contributed by atoms with Crippen molar-refractivity contribution in [2.24, 2.45) is 0 Å². The van der Waals surface area contributed by atoms with E-state index in [9.17, 15) is 13.4 Å². The molecule has 1 aliphatic rings. The lowest BCUT2D eigenvalue weighted by molar-refractivity contribution is -0.135. The Labute approximate surface area is 85.5 Å². The van der Waals surface area contributed by atoms with Gasteiger partial charge in [-0.25, -0.2) is 0 Å². The molecule has 80 valence electrons. The van der Waals surface area contributed by atoms with Crippen molar-refractivity contribution in [3.05, 3.63) is 35.9 Å². The normalized spacial score (nSPS) is 23.9. The Hall–Kier alpha value is -1.43. The summed E-state index contributed by atoms with van der Waals surface area (Å²) in [7, 11) is -4.16. The fraction of sp³-hybridized carbons (Fsp3) is 0.222. The molecule has 1 saturated heterocycles. The first-order chi connectivity index (χ1) is 7.07. The van der Waals surface area contributed by atoms with Gasteiger partial charge in [-0.15, -0.1) is 0 Å². The zero-order valence-corrected chi connectivity index (χ0v) is 7.82. The van der Waals surface area contributed by atoms with Gasteiger partial charge in [0.1, 0.15) is 0 Å². The van der Waals surface area contributed by atoms with Crippen molar-refractivity contribution < 1.29 is 18.1 Å². The van der Waals surface area contributed by atoms with Crippen LogP contribution in [0.5, 0.6) is 0 Å². The third kappa shape index (κ3) is 2.33. The summed E-state index contributed by atoms with van der Waals surface area (Å²) in [6.45, 7) is 0. The monoisotopic (exact) mass is 212 g/mol. The summed E-state index contributed by atoms with van der Waals surface area (Å²) < 4.78 is 29.2. The predicted molar refractivity (Wildman–Crippen MR) is 51.1 cm³/mol. The summed E-state index contributed by atoms with van der Waals surface area (Å²) in [4.78, 5) is 11.0. The van der Waals surface area contributed by atoms with E-state index in [2.05, 4.69) is 4.65 Å². The van der Waals surface area contributed by atoms with E-state index in [1.54, 1.807) is 24.3 Å². The van der Waals surface area contributed by atoms with Gasteiger partial charge in [-0.2, -0.15) is 0 Å². The first-order valence-corrected chi connectivity index (χ1v) is 4.62. The second-order valence-electron chi connectivity index (χ2n) is 3.44. The third-order valence-corrected chi connectivity index (χ3v) is 2.23. The molecule has 1 fully saturated rings. The van der Waals surface area contributed by atoms with Crippen LogP contribution in [0.1, 0.15) is 5.56 Å². The summed E-state index contributed by atoms with van der Waals surface area (Å²) in [5.74, 6) is -0.885. The number of hydrogen-bond acceptors (Lipinski definition) is 3. The maximum atomic E-state index is 12.7. The molecule has 3 nitrogen and oxygen atoms in total. The maximum Gasteiger partial charge on any atom is 0.591 e. The number of nitrogens with one attached hydrogen (secondary N) is 1. The highest BCUT2D eigenvalue weighted by molar-refractivity contribution is 6.60. The summed E-state index contributed by atoms with van der Waals surface area (Å²) in [6, 6.07) is 8.01. The van der Waals surface area contributed by atoms with Crippen LogP contribution in [-0.2, 0) is 15.9 Å². The highest BCUT2D eigenvalue weighted by Crippen LogP contribution is 2.18. The van der Waals surface area contributed by atoms with Gasteiger partial charge in [0.15, 0.2) is 0 Å². The minimum atomic E-state index is -4.16. The molecule has 0 aromatic heterocycles. The van der Waals surface area contributed by atoms with E-state index in [4.69, 9.17) is 0 Å². The summed E-state index contributed by atoms with van der Waals surface area (Å²) in [5.41, 5.74) is 0.820. The zero-order chi connectivity index (χ0) is 10.9. The van der Waals surface area contributed by atoms with Gasteiger partial charge in [0, 0.05) is 0 Å². The highest BCUT2D eigenvalue weighted by Gasteiger charge is 2.43. The Morgan fingerprint density at radius 2 is 2.00 bits per heavy atom. The van der Waals surface area contributed by atoms with Gasteiger partial charge in [-0.05, 0) is 12.0 Å². The van der Waals surface area contributed by atoms with Crippen LogP contribution in [0.25, 0.3) is 0 Å². The lowest BCUT2D eigenvalue weighted by Crippen LogP contribution is -2.42. The average Bonchev–Trinajstić information content (AvgIpc) is 2.41. The van der Waals surface area contributed by atoms with Crippen LogP contribution in [0.4, 0.5) is 8.63 Å². The van der Waals surface area contributed by atoms with Crippen molar-refractivity contribution in [2.75, 3.05) is 0 Å². The molecule has 6 heteroatoms. The quantitative estimate of drug-likeness (QED) is 0.746. The largest absolute Gasteiger partial charge is 0.623 e. The molecule has 1 atom stereocenters. The van der Waals surface area contributed by atoms with Crippen LogP contribution in [-0.4, -0.2) is 19.0 Å². The van der Waals surface area contributed by atoms with Crippen LogP contribution in [0.2, 0.25) is 0 Å². The number of halogens is 2. The Morgan fingerprint density at radius 1 is 1.33 bits per heavy atom. The van der Waals surface area contributed by atoms with Gasteiger partial charge in [0.25, 0.3) is 5.97 Å². The van der Waals surface area contributed by atoms with Crippen molar-refractivity contribution in [1.29, 1.82) is 0 Å². The molecule has 0 unspecified atom stereocenters. The third-order valence-electron chi connectivity index (χ3n) is 2.23. The van der Waals surface area contributed by atoms with Gasteiger partial charge in [-0.3, -0.25) is 4.79 Å². The van der Waals surface area contributed by atoms with Crippen molar-refractivity contribution in [2.45, 2.75) is 12.5 Å². The Balaban J connectivity index is 2.05. The van der Waals surface area contributed by atoms with E-state index < -0.39 is 19.0 Å². The van der Waals surface area contributed by atoms with Crippen molar-refractivity contribution >= 4 is 13.0 Å². The van der Waals surface area contributed by atoms with E-state index in [-0.39, 0.29) is 6.42 Å². The van der Waals surface area contributed by atoms with Gasteiger partial charge in [-0.1, -0.05) is 30.3 Å². The Bertz CT molecular complexity index is 372. The molecule has 0 saturated carbocycles. The molecule has 0 amide bonds. The van der Waals surface area contributed by atoms with Crippen LogP contribution >= 0.6 is 0 Å². The molecule has 2 rings (SSSR count). The van der Waals surface area contributed by atoms with E-state index in [1.165, 1.54) is 0 Å². The molecule has 1 aromatic carbocycles. The molecule has 0 bridgehead atoms. The topological polar surface area (TPSA) is 38.3 Å². The van der Waals surface area contributed by atoms with Crippen LogP contribution < -0.4 is 5.23 Å². The molecule has 1 aromatic rings. The standard InChI is InChI=1S/C9H9BF2NO2/c11-10(12)13-8(9(14)15-10)6-7-4-2-1-3-5-7/h1-5,8,13H,6H2/q-1/t8-/m0/s1. The number of rotatable bonds is 2. The predicted octanol–water partition coefficient (Wildman–Crippen LogP) is 1.12. The second kappa shape index (κ2) is 3.62. The lowest BCUT2D eigenvalue weighted by atomic mass is 10.0. The fourth-order valence-electron chi connectivity index (χ4n) is 1.56. The molecule has 0 aliphatic carbocycles. The number of carbonyl (C=O) groups excluding carboxylic acids is 1. The molecule has 0 radical (unpaired) electrons. The zero-order valence-electron chi connectivity index (χ0n) is 7.82.